The highest BCUT2D eigenvalue weighted by Crippen LogP contribution is 2.29. The maximum Gasteiger partial charge on any atom is 0.262 e. The normalized spacial score (nSPS) is 10.5. The smallest absolute Gasteiger partial charge is 0.262 e. The molecule has 0 atom stereocenters. The van der Waals surface area contributed by atoms with Gasteiger partial charge in [-0.1, -0.05) is 6.07 Å². The number of nitrogens with zero attached hydrogens (tertiary/aromatic N) is 1. The molecule has 2 aromatic carbocycles. The molecule has 1 amide bonds. The molecule has 0 aliphatic heterocycles. The molecular formula is C20H20N2O3. The van der Waals surface area contributed by atoms with Crippen LogP contribution in [0.15, 0.2) is 48.7 Å². The maximum absolute atomic E-state index is 12.2. The van der Waals surface area contributed by atoms with E-state index in [1.807, 2.05) is 44.2 Å². The number of nitrogens with one attached hydrogen (secondary N) is 1. The summed E-state index contributed by atoms with van der Waals surface area (Å²) in [4.78, 5) is 16.6. The van der Waals surface area contributed by atoms with Crippen molar-refractivity contribution in [2.75, 3.05) is 19.0 Å². The Kier molecular flexibility index (Phi) is 4.84. The van der Waals surface area contributed by atoms with E-state index in [4.69, 9.17) is 9.47 Å². The third-order valence-corrected chi connectivity index (χ3v) is 4.07. The molecule has 0 aliphatic rings. The molecule has 1 heterocycles. The number of fused-ring (bicyclic) bond motifs is 1. The van der Waals surface area contributed by atoms with Crippen LogP contribution in [0.1, 0.15) is 11.1 Å². The largest absolute Gasteiger partial charge is 0.494 e. The van der Waals surface area contributed by atoms with Crippen molar-refractivity contribution in [2.45, 2.75) is 13.8 Å². The van der Waals surface area contributed by atoms with Gasteiger partial charge >= 0.3 is 0 Å². The fourth-order valence-electron chi connectivity index (χ4n) is 2.56. The number of hydrogen-bond acceptors (Lipinski definition) is 4. The third kappa shape index (κ3) is 3.71. The predicted octanol–water partition coefficient (Wildman–Crippen LogP) is 3.88. The van der Waals surface area contributed by atoms with Crippen LogP contribution < -0.4 is 14.8 Å². The van der Waals surface area contributed by atoms with Gasteiger partial charge in [0.05, 0.1) is 12.8 Å². The lowest BCUT2D eigenvalue weighted by molar-refractivity contribution is -0.118. The standard InChI is InChI=1S/C20H20N2O3/c1-13-6-7-15(11-14(13)2)25-12-19(23)22-17-8-9-18(24-3)20-16(17)5-4-10-21-20/h4-11H,12H2,1-3H3,(H,22,23). The first-order chi connectivity index (χ1) is 12.1. The second-order valence-corrected chi connectivity index (χ2v) is 5.80. The van der Waals surface area contributed by atoms with Crippen molar-refractivity contribution in [1.82, 2.24) is 4.98 Å². The van der Waals surface area contributed by atoms with Gasteiger partial charge in [-0.05, 0) is 61.4 Å². The minimum atomic E-state index is -0.228. The molecule has 3 rings (SSSR count). The Balaban J connectivity index is 1.73. The van der Waals surface area contributed by atoms with Crippen molar-refractivity contribution in [1.29, 1.82) is 0 Å². The summed E-state index contributed by atoms with van der Waals surface area (Å²) in [5.41, 5.74) is 3.70. The van der Waals surface area contributed by atoms with E-state index >= 15 is 0 Å². The summed E-state index contributed by atoms with van der Waals surface area (Å²) in [7, 11) is 1.60. The lowest BCUT2D eigenvalue weighted by Gasteiger charge is -2.12. The average Bonchev–Trinajstić information content (AvgIpc) is 2.63. The van der Waals surface area contributed by atoms with E-state index < -0.39 is 0 Å². The van der Waals surface area contributed by atoms with Crippen molar-refractivity contribution in [2.24, 2.45) is 0 Å². The molecular weight excluding hydrogens is 316 g/mol. The second kappa shape index (κ2) is 7.21. The predicted molar refractivity (Wildman–Crippen MR) is 98.3 cm³/mol. The molecule has 1 N–H and O–H groups in total. The van der Waals surface area contributed by atoms with Crippen LogP contribution in [0.25, 0.3) is 10.9 Å². The minimum Gasteiger partial charge on any atom is -0.494 e. The first-order valence-electron chi connectivity index (χ1n) is 8.00. The van der Waals surface area contributed by atoms with Crippen molar-refractivity contribution in [3.63, 3.8) is 0 Å². The quantitative estimate of drug-likeness (QED) is 0.768. The highest BCUT2D eigenvalue weighted by molar-refractivity contribution is 6.03. The number of carbonyl (C=O) groups is 1. The molecule has 25 heavy (non-hydrogen) atoms. The van der Waals surface area contributed by atoms with Gasteiger partial charge in [0.15, 0.2) is 6.61 Å². The Hall–Kier alpha value is -3.08. The van der Waals surface area contributed by atoms with Gasteiger partial charge in [0.1, 0.15) is 17.0 Å². The zero-order valence-electron chi connectivity index (χ0n) is 14.5. The van der Waals surface area contributed by atoms with Gasteiger partial charge in [-0.15, -0.1) is 0 Å². The summed E-state index contributed by atoms with van der Waals surface area (Å²) in [5.74, 6) is 1.12. The number of pyridine rings is 1. The number of benzene rings is 2. The fourth-order valence-corrected chi connectivity index (χ4v) is 2.56. The number of carbonyl (C=O) groups excluding carboxylic acids is 1. The lowest BCUT2D eigenvalue weighted by atomic mass is 10.1. The molecule has 1 aromatic heterocycles. The number of methoxy groups -OCH3 is 1. The highest BCUT2D eigenvalue weighted by Gasteiger charge is 2.10. The van der Waals surface area contributed by atoms with Gasteiger partial charge in [0, 0.05) is 11.6 Å². The first kappa shape index (κ1) is 16.8. The molecule has 0 unspecified atom stereocenters. The molecule has 0 spiro atoms. The van der Waals surface area contributed by atoms with Gasteiger partial charge in [0.2, 0.25) is 0 Å². The van der Waals surface area contributed by atoms with Gasteiger partial charge in [0.25, 0.3) is 5.91 Å². The van der Waals surface area contributed by atoms with Crippen LogP contribution >= 0.6 is 0 Å². The fraction of sp³-hybridized carbons (Fsp3) is 0.200. The summed E-state index contributed by atoms with van der Waals surface area (Å²) >= 11 is 0. The van der Waals surface area contributed by atoms with Gasteiger partial charge in [-0.3, -0.25) is 9.78 Å². The van der Waals surface area contributed by atoms with Crippen molar-refractivity contribution < 1.29 is 14.3 Å². The molecule has 0 aliphatic carbocycles. The zero-order chi connectivity index (χ0) is 17.8. The topological polar surface area (TPSA) is 60.5 Å². The lowest BCUT2D eigenvalue weighted by Crippen LogP contribution is -2.20. The molecule has 5 nitrogen and oxygen atoms in total. The Morgan fingerprint density at radius 2 is 1.96 bits per heavy atom. The van der Waals surface area contributed by atoms with Crippen LogP contribution in [0.2, 0.25) is 0 Å². The monoisotopic (exact) mass is 336 g/mol. The Labute approximate surface area is 146 Å². The van der Waals surface area contributed by atoms with Gasteiger partial charge < -0.3 is 14.8 Å². The molecule has 5 heteroatoms. The van der Waals surface area contributed by atoms with Crippen LogP contribution in [0.4, 0.5) is 5.69 Å². The van der Waals surface area contributed by atoms with E-state index in [2.05, 4.69) is 10.3 Å². The van der Waals surface area contributed by atoms with E-state index in [0.29, 0.717) is 22.7 Å². The summed E-state index contributed by atoms with van der Waals surface area (Å²) in [6.45, 7) is 3.99. The molecule has 128 valence electrons. The van der Waals surface area contributed by atoms with Crippen LogP contribution in [-0.4, -0.2) is 24.6 Å². The Morgan fingerprint density at radius 3 is 2.72 bits per heavy atom. The number of anilines is 1. The van der Waals surface area contributed by atoms with Crippen LogP contribution in [0.5, 0.6) is 11.5 Å². The number of rotatable bonds is 5. The van der Waals surface area contributed by atoms with Crippen LogP contribution in [0.3, 0.4) is 0 Å². The third-order valence-electron chi connectivity index (χ3n) is 4.07. The number of aromatic nitrogens is 1. The zero-order valence-corrected chi connectivity index (χ0v) is 14.5. The Morgan fingerprint density at radius 1 is 1.12 bits per heavy atom. The summed E-state index contributed by atoms with van der Waals surface area (Å²) < 4.78 is 10.9. The number of amides is 1. The van der Waals surface area contributed by atoms with Crippen LogP contribution in [-0.2, 0) is 4.79 Å². The van der Waals surface area contributed by atoms with Crippen molar-refractivity contribution >= 4 is 22.5 Å². The average molecular weight is 336 g/mol. The molecule has 3 aromatic rings. The molecule has 0 saturated heterocycles. The maximum atomic E-state index is 12.2. The summed E-state index contributed by atoms with van der Waals surface area (Å²) in [6.07, 6.45) is 1.69. The summed E-state index contributed by atoms with van der Waals surface area (Å²) in [6, 6.07) is 13.1. The highest BCUT2D eigenvalue weighted by atomic mass is 16.5. The van der Waals surface area contributed by atoms with E-state index in [1.54, 1.807) is 25.4 Å². The van der Waals surface area contributed by atoms with Crippen molar-refractivity contribution in [3.8, 4) is 11.5 Å². The second-order valence-electron chi connectivity index (χ2n) is 5.80. The molecule has 0 fully saturated rings. The van der Waals surface area contributed by atoms with E-state index in [1.165, 1.54) is 5.56 Å². The van der Waals surface area contributed by atoms with Gasteiger partial charge in [-0.2, -0.15) is 0 Å². The first-order valence-corrected chi connectivity index (χ1v) is 8.00. The van der Waals surface area contributed by atoms with Gasteiger partial charge in [-0.25, -0.2) is 0 Å². The summed E-state index contributed by atoms with van der Waals surface area (Å²) in [5, 5.41) is 3.69. The minimum absolute atomic E-state index is 0.0592. The number of ether oxygens (including phenoxy) is 2. The van der Waals surface area contributed by atoms with E-state index in [0.717, 1.165) is 10.9 Å². The van der Waals surface area contributed by atoms with Crippen LogP contribution in [0, 0.1) is 13.8 Å². The Bertz CT molecular complexity index is 922. The number of aryl methyl sites for hydroxylation is 2. The molecule has 0 radical (unpaired) electrons. The van der Waals surface area contributed by atoms with E-state index in [9.17, 15) is 4.79 Å². The molecule has 0 bridgehead atoms. The van der Waals surface area contributed by atoms with E-state index in [-0.39, 0.29) is 12.5 Å². The molecule has 0 saturated carbocycles. The number of hydrogen-bond donors (Lipinski definition) is 1. The van der Waals surface area contributed by atoms with Crippen molar-refractivity contribution in [3.05, 3.63) is 59.8 Å². The SMILES string of the molecule is COc1ccc(NC(=O)COc2ccc(C)c(C)c2)c2cccnc12.